The number of rotatable bonds is 4. The van der Waals surface area contributed by atoms with Crippen LogP contribution in [0.25, 0.3) is 0 Å². The summed E-state index contributed by atoms with van der Waals surface area (Å²) in [6.07, 6.45) is 2.30. The van der Waals surface area contributed by atoms with Crippen LogP contribution in [-0.4, -0.2) is 44.2 Å². The molecule has 0 spiro atoms. The zero-order chi connectivity index (χ0) is 15.7. The van der Waals surface area contributed by atoms with E-state index in [0.29, 0.717) is 6.04 Å². The van der Waals surface area contributed by atoms with Gasteiger partial charge in [-0.1, -0.05) is 17.7 Å². The molecule has 0 aromatic heterocycles. The van der Waals surface area contributed by atoms with Gasteiger partial charge in [0.25, 0.3) is 5.91 Å². The van der Waals surface area contributed by atoms with Gasteiger partial charge in [0.1, 0.15) is 0 Å². The summed E-state index contributed by atoms with van der Waals surface area (Å²) in [4.78, 5) is 15.9. The fraction of sp³-hybridized carbons (Fsp3) is 0.588. The van der Waals surface area contributed by atoms with Gasteiger partial charge in [-0.15, -0.1) is 0 Å². The van der Waals surface area contributed by atoms with Crippen LogP contribution in [0, 0.1) is 6.92 Å². The first kappa shape index (κ1) is 15.6. The number of nitrogens with one attached hydrogen (secondary N) is 2. The highest BCUT2D eigenvalue weighted by molar-refractivity contribution is 6.30. The number of hydrogen-bond donors (Lipinski definition) is 2. The number of amides is 1. The van der Waals surface area contributed by atoms with Crippen molar-refractivity contribution in [2.45, 2.75) is 38.8 Å². The quantitative estimate of drug-likeness (QED) is 0.868. The smallest absolute Gasteiger partial charge is 0.278 e. The van der Waals surface area contributed by atoms with E-state index in [1.54, 1.807) is 0 Å². The lowest BCUT2D eigenvalue weighted by molar-refractivity contribution is -0.914. The lowest BCUT2D eigenvalue weighted by atomic mass is 10.1. The molecule has 2 fully saturated rings. The lowest BCUT2D eigenvalue weighted by Gasteiger charge is -2.36. The van der Waals surface area contributed by atoms with Gasteiger partial charge in [0.15, 0.2) is 6.04 Å². The number of aryl methyl sites for hydroxylation is 1. The largest absolute Gasteiger partial charge is 0.360 e. The average Bonchev–Trinajstić information content (AvgIpc) is 3.33. The Morgan fingerprint density at radius 2 is 2.05 bits per heavy atom. The Morgan fingerprint density at radius 3 is 2.68 bits per heavy atom. The summed E-state index contributed by atoms with van der Waals surface area (Å²) in [6, 6.07) is 6.55. The summed E-state index contributed by atoms with van der Waals surface area (Å²) in [6.45, 7) is 8.09. The van der Waals surface area contributed by atoms with Gasteiger partial charge in [0.2, 0.25) is 0 Å². The molecule has 5 heteroatoms. The first-order valence-electron chi connectivity index (χ1n) is 8.20. The number of halogens is 1. The molecule has 3 rings (SSSR count). The highest BCUT2D eigenvalue weighted by Crippen LogP contribution is 2.24. The van der Waals surface area contributed by atoms with Gasteiger partial charge in [-0.2, -0.15) is 0 Å². The fourth-order valence-corrected chi connectivity index (χ4v) is 3.30. The number of piperazine rings is 1. The van der Waals surface area contributed by atoms with Gasteiger partial charge in [-0.05, 0) is 44.4 Å². The lowest BCUT2D eigenvalue weighted by Crippen LogP contribution is -3.19. The Kier molecular flexibility index (Phi) is 4.59. The van der Waals surface area contributed by atoms with Crippen molar-refractivity contribution in [2.24, 2.45) is 0 Å². The van der Waals surface area contributed by atoms with Crippen molar-refractivity contribution in [3.05, 3.63) is 28.8 Å². The van der Waals surface area contributed by atoms with Crippen LogP contribution in [0.4, 0.5) is 5.69 Å². The first-order valence-corrected chi connectivity index (χ1v) is 8.58. The molecule has 1 aromatic rings. The zero-order valence-electron chi connectivity index (χ0n) is 13.4. The van der Waals surface area contributed by atoms with Crippen LogP contribution in [0.3, 0.4) is 0 Å². The van der Waals surface area contributed by atoms with Gasteiger partial charge >= 0.3 is 0 Å². The van der Waals surface area contributed by atoms with Crippen LogP contribution in [0.5, 0.6) is 0 Å². The van der Waals surface area contributed by atoms with Crippen molar-refractivity contribution < 1.29 is 9.69 Å². The molecule has 1 heterocycles. The summed E-state index contributed by atoms with van der Waals surface area (Å²) in [5.74, 6) is 0.213. The summed E-state index contributed by atoms with van der Waals surface area (Å²) in [7, 11) is 0. The molecule has 1 saturated carbocycles. The first-order chi connectivity index (χ1) is 10.5. The van der Waals surface area contributed by atoms with Crippen molar-refractivity contribution in [1.29, 1.82) is 0 Å². The molecule has 22 heavy (non-hydrogen) atoms. The van der Waals surface area contributed by atoms with Gasteiger partial charge in [0, 0.05) is 16.8 Å². The highest BCUT2D eigenvalue weighted by Gasteiger charge is 2.32. The van der Waals surface area contributed by atoms with Crippen LogP contribution in [-0.2, 0) is 4.79 Å². The van der Waals surface area contributed by atoms with Crippen LogP contribution < -0.4 is 15.1 Å². The maximum absolute atomic E-state index is 12.2. The number of hydrogen-bond acceptors (Lipinski definition) is 2. The maximum atomic E-state index is 12.2. The van der Waals surface area contributed by atoms with E-state index in [4.69, 9.17) is 11.6 Å². The number of nitrogens with zero attached hydrogens (tertiary/aromatic N) is 1. The summed E-state index contributed by atoms with van der Waals surface area (Å²) < 4.78 is 0. The molecule has 1 aliphatic heterocycles. The number of quaternary nitrogens is 1. The Labute approximate surface area is 137 Å². The summed E-state index contributed by atoms with van der Waals surface area (Å²) in [5.41, 5.74) is 2.48. The molecule has 1 saturated heterocycles. The molecule has 120 valence electrons. The minimum atomic E-state index is 0.0446. The molecular formula is C17H25ClN3O+. The SMILES string of the molecule is Cc1ccc(Cl)cc1N1CC[NH+]([C@H](C)C(=O)NC2CC2)CC1. The van der Waals surface area contributed by atoms with E-state index < -0.39 is 0 Å². The van der Waals surface area contributed by atoms with Gasteiger partial charge in [0.05, 0.1) is 26.2 Å². The molecule has 1 aliphatic carbocycles. The monoisotopic (exact) mass is 322 g/mol. The zero-order valence-corrected chi connectivity index (χ0v) is 14.1. The Morgan fingerprint density at radius 1 is 1.36 bits per heavy atom. The second-order valence-corrected chi connectivity index (χ2v) is 7.02. The molecule has 2 aliphatic rings. The van der Waals surface area contributed by atoms with E-state index in [1.165, 1.54) is 16.2 Å². The topological polar surface area (TPSA) is 36.8 Å². The van der Waals surface area contributed by atoms with Crippen molar-refractivity contribution in [3.8, 4) is 0 Å². The predicted molar refractivity (Wildman–Crippen MR) is 89.7 cm³/mol. The molecule has 4 nitrogen and oxygen atoms in total. The molecule has 0 unspecified atom stereocenters. The van der Waals surface area contributed by atoms with Crippen molar-refractivity contribution >= 4 is 23.2 Å². The van der Waals surface area contributed by atoms with Gasteiger partial charge in [-0.25, -0.2) is 0 Å². The molecule has 0 radical (unpaired) electrons. The number of carbonyl (C=O) groups excluding carboxylic acids is 1. The minimum Gasteiger partial charge on any atom is -0.360 e. The van der Waals surface area contributed by atoms with Gasteiger partial charge in [-0.3, -0.25) is 4.79 Å². The second kappa shape index (κ2) is 6.47. The molecule has 2 N–H and O–H groups in total. The van der Waals surface area contributed by atoms with Crippen LogP contribution in [0.1, 0.15) is 25.3 Å². The Bertz CT molecular complexity index is 551. The number of anilines is 1. The van der Waals surface area contributed by atoms with Crippen molar-refractivity contribution in [2.75, 3.05) is 31.1 Å². The van der Waals surface area contributed by atoms with Crippen molar-refractivity contribution in [3.63, 3.8) is 0 Å². The van der Waals surface area contributed by atoms with Crippen molar-refractivity contribution in [1.82, 2.24) is 5.32 Å². The van der Waals surface area contributed by atoms with E-state index in [0.717, 1.165) is 44.0 Å². The van der Waals surface area contributed by atoms with E-state index in [9.17, 15) is 4.79 Å². The van der Waals surface area contributed by atoms with E-state index in [-0.39, 0.29) is 11.9 Å². The minimum absolute atomic E-state index is 0.0446. The third kappa shape index (κ3) is 3.55. The predicted octanol–water partition coefficient (Wildman–Crippen LogP) is 1.02. The maximum Gasteiger partial charge on any atom is 0.278 e. The molecular weight excluding hydrogens is 298 g/mol. The van der Waals surface area contributed by atoms with E-state index in [2.05, 4.69) is 23.2 Å². The van der Waals surface area contributed by atoms with Gasteiger partial charge < -0.3 is 15.1 Å². The average molecular weight is 323 g/mol. The molecule has 0 bridgehead atoms. The Hall–Kier alpha value is -1.26. The third-order valence-corrected chi connectivity index (χ3v) is 5.08. The van der Waals surface area contributed by atoms with E-state index >= 15 is 0 Å². The molecule has 1 atom stereocenters. The normalized spacial score (nSPS) is 20.8. The Balaban J connectivity index is 1.57. The third-order valence-electron chi connectivity index (χ3n) is 4.85. The second-order valence-electron chi connectivity index (χ2n) is 6.58. The number of carbonyl (C=O) groups is 1. The van der Waals surface area contributed by atoms with E-state index in [1.807, 2.05) is 19.1 Å². The fourth-order valence-electron chi connectivity index (χ4n) is 3.13. The number of benzene rings is 1. The summed E-state index contributed by atoms with van der Waals surface area (Å²) >= 11 is 6.13. The highest BCUT2D eigenvalue weighted by atomic mass is 35.5. The standard InChI is InChI=1S/C17H24ClN3O/c1-12-3-4-14(18)11-16(12)21-9-7-20(8-10-21)13(2)17(22)19-15-5-6-15/h3-4,11,13,15H,5-10H2,1-2H3,(H,19,22)/p+1/t13-/m1/s1. The molecule has 1 amide bonds. The van der Waals surface area contributed by atoms with Crippen LogP contribution >= 0.6 is 11.6 Å². The van der Waals surface area contributed by atoms with Crippen LogP contribution in [0.2, 0.25) is 5.02 Å². The summed E-state index contributed by atoms with van der Waals surface area (Å²) in [5, 5.41) is 3.90. The molecule has 1 aromatic carbocycles. The van der Waals surface area contributed by atoms with Crippen LogP contribution in [0.15, 0.2) is 18.2 Å².